The lowest BCUT2D eigenvalue weighted by Crippen LogP contribution is -2.45. The Morgan fingerprint density at radius 3 is 2.82 bits per heavy atom. The zero-order valence-corrected chi connectivity index (χ0v) is 13.5. The summed E-state index contributed by atoms with van der Waals surface area (Å²) in [5, 5.41) is 18.7. The van der Waals surface area contributed by atoms with Crippen LogP contribution in [-0.2, 0) is 4.74 Å². The molecule has 5 heteroatoms. The van der Waals surface area contributed by atoms with E-state index in [1.807, 2.05) is 18.3 Å². The fourth-order valence-corrected chi connectivity index (χ4v) is 3.46. The molecule has 120 valence electrons. The normalized spacial score (nSPS) is 24.7. The van der Waals surface area contributed by atoms with Gasteiger partial charge in [-0.1, -0.05) is 6.07 Å². The Hall–Kier alpha value is -1.43. The molecule has 22 heavy (non-hydrogen) atoms. The summed E-state index contributed by atoms with van der Waals surface area (Å²) >= 11 is 0. The number of H-pyrrole nitrogens is 1. The van der Waals surface area contributed by atoms with Gasteiger partial charge in [-0.25, -0.2) is 0 Å². The van der Waals surface area contributed by atoms with Crippen molar-refractivity contribution in [2.24, 2.45) is 0 Å². The van der Waals surface area contributed by atoms with Gasteiger partial charge in [0.15, 0.2) is 0 Å². The number of nitrogens with one attached hydrogen (secondary N) is 1. The minimum Gasteiger partial charge on any atom is -0.388 e. The predicted molar refractivity (Wildman–Crippen MR) is 86.9 cm³/mol. The molecule has 2 N–H and O–H groups in total. The van der Waals surface area contributed by atoms with Gasteiger partial charge in [0.2, 0.25) is 0 Å². The summed E-state index contributed by atoms with van der Waals surface area (Å²) in [6.45, 7) is 9.04. The number of aromatic amines is 1. The van der Waals surface area contributed by atoms with E-state index in [1.165, 1.54) is 0 Å². The van der Waals surface area contributed by atoms with E-state index in [4.69, 9.17) is 4.74 Å². The number of hydrogen-bond acceptors (Lipinski definition) is 4. The number of aliphatic hydroxyl groups excluding tert-OH is 1. The van der Waals surface area contributed by atoms with E-state index in [0.717, 1.165) is 48.1 Å². The van der Waals surface area contributed by atoms with Crippen LogP contribution in [0, 0.1) is 6.92 Å². The van der Waals surface area contributed by atoms with Crippen molar-refractivity contribution in [1.29, 1.82) is 0 Å². The highest BCUT2D eigenvalue weighted by Crippen LogP contribution is 2.27. The van der Waals surface area contributed by atoms with Gasteiger partial charge in [-0.2, -0.15) is 5.10 Å². The maximum atomic E-state index is 10.6. The molecule has 0 bridgehead atoms. The fourth-order valence-electron chi connectivity index (χ4n) is 3.46. The van der Waals surface area contributed by atoms with Crippen LogP contribution < -0.4 is 0 Å². The van der Waals surface area contributed by atoms with Crippen LogP contribution in [0.3, 0.4) is 0 Å². The van der Waals surface area contributed by atoms with E-state index in [1.54, 1.807) is 0 Å². The lowest BCUT2D eigenvalue weighted by Gasteiger charge is -2.35. The van der Waals surface area contributed by atoms with Gasteiger partial charge in [-0.05, 0) is 44.4 Å². The molecule has 3 atom stereocenters. The number of hydrogen-bond donors (Lipinski definition) is 2. The maximum Gasteiger partial charge on any atom is 0.0805 e. The number of benzene rings is 1. The van der Waals surface area contributed by atoms with Crippen LogP contribution in [0.1, 0.15) is 37.5 Å². The van der Waals surface area contributed by atoms with Gasteiger partial charge in [0.1, 0.15) is 0 Å². The van der Waals surface area contributed by atoms with Crippen molar-refractivity contribution in [3.63, 3.8) is 0 Å². The molecule has 0 radical (unpaired) electrons. The summed E-state index contributed by atoms with van der Waals surface area (Å²) in [6, 6.07) is 4.00. The molecule has 3 unspecified atom stereocenters. The van der Waals surface area contributed by atoms with Gasteiger partial charge < -0.3 is 9.84 Å². The van der Waals surface area contributed by atoms with Crippen LogP contribution in [0.2, 0.25) is 0 Å². The Labute approximate surface area is 131 Å². The predicted octanol–water partition coefficient (Wildman–Crippen LogP) is 2.40. The number of aromatic nitrogens is 2. The molecule has 2 heterocycles. The first-order valence-electron chi connectivity index (χ1n) is 8.03. The molecule has 1 aromatic heterocycles. The number of rotatable bonds is 4. The number of aryl methyl sites for hydroxylation is 1. The van der Waals surface area contributed by atoms with Crippen LogP contribution in [0.4, 0.5) is 0 Å². The molecule has 1 saturated heterocycles. The monoisotopic (exact) mass is 303 g/mol. The third-order valence-corrected chi connectivity index (χ3v) is 4.51. The van der Waals surface area contributed by atoms with Crippen molar-refractivity contribution < 1.29 is 9.84 Å². The standard InChI is InChI=1S/C17H25N3O2/c1-11-9-20(10-12(2)22-11)7-6-17(21)14-4-5-16-15(13(14)3)8-18-19-16/h4-5,8,11-12,17,21H,6-7,9-10H2,1-3H3,(H,18,19). The number of morpholine rings is 1. The van der Waals surface area contributed by atoms with Crippen molar-refractivity contribution in [1.82, 2.24) is 15.1 Å². The average Bonchev–Trinajstić information content (AvgIpc) is 2.93. The van der Waals surface area contributed by atoms with Crippen molar-refractivity contribution in [3.8, 4) is 0 Å². The van der Waals surface area contributed by atoms with E-state index < -0.39 is 6.10 Å². The van der Waals surface area contributed by atoms with Crippen LogP contribution in [0.5, 0.6) is 0 Å². The molecule has 0 saturated carbocycles. The third kappa shape index (κ3) is 3.16. The number of ether oxygens (including phenoxy) is 1. The van der Waals surface area contributed by atoms with Crippen LogP contribution in [-0.4, -0.2) is 52.0 Å². The van der Waals surface area contributed by atoms with E-state index in [-0.39, 0.29) is 12.2 Å². The summed E-state index contributed by atoms with van der Waals surface area (Å²) < 4.78 is 5.75. The van der Waals surface area contributed by atoms with E-state index >= 15 is 0 Å². The van der Waals surface area contributed by atoms with Crippen LogP contribution in [0.15, 0.2) is 18.3 Å². The second-order valence-corrected chi connectivity index (χ2v) is 6.43. The largest absolute Gasteiger partial charge is 0.388 e. The Morgan fingerprint density at radius 1 is 1.36 bits per heavy atom. The highest BCUT2D eigenvalue weighted by Gasteiger charge is 2.23. The lowest BCUT2D eigenvalue weighted by molar-refractivity contribution is -0.0703. The summed E-state index contributed by atoms with van der Waals surface area (Å²) in [6.07, 6.45) is 2.66. The smallest absolute Gasteiger partial charge is 0.0805 e. The first-order chi connectivity index (χ1) is 10.5. The molecule has 5 nitrogen and oxygen atoms in total. The molecule has 0 spiro atoms. The zero-order chi connectivity index (χ0) is 15.7. The summed E-state index contributed by atoms with van der Waals surface area (Å²) in [5.41, 5.74) is 3.13. The molecule has 3 rings (SSSR count). The number of fused-ring (bicyclic) bond motifs is 1. The van der Waals surface area contributed by atoms with E-state index in [9.17, 15) is 5.11 Å². The molecular weight excluding hydrogens is 278 g/mol. The molecule has 1 aromatic carbocycles. The lowest BCUT2D eigenvalue weighted by atomic mass is 9.98. The summed E-state index contributed by atoms with van der Waals surface area (Å²) in [7, 11) is 0. The van der Waals surface area contributed by atoms with Gasteiger partial charge in [-0.15, -0.1) is 0 Å². The van der Waals surface area contributed by atoms with Crippen molar-refractivity contribution in [2.45, 2.75) is 45.5 Å². The van der Waals surface area contributed by atoms with Crippen molar-refractivity contribution >= 4 is 10.9 Å². The zero-order valence-electron chi connectivity index (χ0n) is 13.5. The van der Waals surface area contributed by atoms with Crippen molar-refractivity contribution in [2.75, 3.05) is 19.6 Å². The SMILES string of the molecule is Cc1c(C(O)CCN2CC(C)OC(C)C2)ccc2[nH]ncc12. The van der Waals surface area contributed by atoms with Gasteiger partial charge in [0.05, 0.1) is 30.0 Å². The highest BCUT2D eigenvalue weighted by atomic mass is 16.5. The Morgan fingerprint density at radius 2 is 2.09 bits per heavy atom. The second kappa shape index (κ2) is 6.36. The molecule has 0 amide bonds. The quantitative estimate of drug-likeness (QED) is 0.910. The number of nitrogens with zero attached hydrogens (tertiary/aromatic N) is 2. The average molecular weight is 303 g/mol. The topological polar surface area (TPSA) is 61.4 Å². The molecule has 1 fully saturated rings. The Balaban J connectivity index is 1.65. The second-order valence-electron chi connectivity index (χ2n) is 6.43. The number of aliphatic hydroxyl groups is 1. The van der Waals surface area contributed by atoms with E-state index in [2.05, 4.69) is 35.9 Å². The Kier molecular flexibility index (Phi) is 4.47. The van der Waals surface area contributed by atoms with Gasteiger partial charge in [0, 0.05) is 25.0 Å². The van der Waals surface area contributed by atoms with Gasteiger partial charge in [-0.3, -0.25) is 10.00 Å². The van der Waals surface area contributed by atoms with E-state index in [0.29, 0.717) is 0 Å². The molecule has 1 aliphatic heterocycles. The fraction of sp³-hybridized carbons (Fsp3) is 0.588. The first kappa shape index (κ1) is 15.5. The van der Waals surface area contributed by atoms with Crippen LogP contribution in [0.25, 0.3) is 10.9 Å². The van der Waals surface area contributed by atoms with Gasteiger partial charge in [0.25, 0.3) is 0 Å². The molecule has 2 aromatic rings. The van der Waals surface area contributed by atoms with Gasteiger partial charge >= 0.3 is 0 Å². The minimum atomic E-state index is -0.437. The van der Waals surface area contributed by atoms with Crippen LogP contribution >= 0.6 is 0 Å². The molecular formula is C17H25N3O2. The molecule has 1 aliphatic rings. The summed E-state index contributed by atoms with van der Waals surface area (Å²) in [4.78, 5) is 2.38. The third-order valence-electron chi connectivity index (χ3n) is 4.51. The highest BCUT2D eigenvalue weighted by molar-refractivity contribution is 5.82. The summed E-state index contributed by atoms with van der Waals surface area (Å²) in [5.74, 6) is 0. The van der Waals surface area contributed by atoms with Crippen molar-refractivity contribution in [3.05, 3.63) is 29.5 Å². The molecule has 0 aliphatic carbocycles. The Bertz CT molecular complexity index is 630. The first-order valence-corrected chi connectivity index (χ1v) is 8.03. The minimum absolute atomic E-state index is 0.268. The maximum absolute atomic E-state index is 10.6.